The van der Waals surface area contributed by atoms with Gasteiger partial charge in [-0.1, -0.05) is 29.8 Å². The highest BCUT2D eigenvalue weighted by atomic mass is 32.1. The van der Waals surface area contributed by atoms with E-state index in [-0.39, 0.29) is 17.0 Å². The van der Waals surface area contributed by atoms with Crippen molar-refractivity contribution in [1.82, 2.24) is 19.6 Å². The smallest absolute Gasteiger partial charge is 0.296 e. The van der Waals surface area contributed by atoms with Crippen molar-refractivity contribution in [2.24, 2.45) is 0 Å². The summed E-state index contributed by atoms with van der Waals surface area (Å²) in [5.41, 5.74) is 0.386. The standard InChI is InChI=1S/C18H12F3N5OS/c1-10-2-4-11(5-3-10)12-8-14(18(19,20)21)26-15(23-12)9-13(25-26)16(27)24-17-22-6-7-28-17/h2-9H,1H3,(H,22,24,27). The van der Waals surface area contributed by atoms with Gasteiger partial charge in [0.1, 0.15) is 0 Å². The fourth-order valence-corrected chi connectivity index (χ4v) is 3.13. The van der Waals surface area contributed by atoms with Crippen LogP contribution in [0.4, 0.5) is 18.3 Å². The highest BCUT2D eigenvalue weighted by Crippen LogP contribution is 2.32. The van der Waals surface area contributed by atoms with Gasteiger partial charge in [-0.2, -0.15) is 18.3 Å². The number of rotatable bonds is 3. The highest BCUT2D eigenvalue weighted by Gasteiger charge is 2.35. The summed E-state index contributed by atoms with van der Waals surface area (Å²) in [6.45, 7) is 1.88. The van der Waals surface area contributed by atoms with E-state index in [0.717, 1.165) is 11.6 Å². The van der Waals surface area contributed by atoms with Crippen LogP contribution in [-0.2, 0) is 6.18 Å². The summed E-state index contributed by atoms with van der Waals surface area (Å²) in [4.78, 5) is 20.5. The van der Waals surface area contributed by atoms with E-state index in [1.54, 1.807) is 29.6 Å². The molecule has 3 aromatic heterocycles. The van der Waals surface area contributed by atoms with Crippen LogP contribution >= 0.6 is 11.3 Å². The molecule has 0 unspecified atom stereocenters. The number of alkyl halides is 3. The molecule has 1 aromatic carbocycles. The first-order chi connectivity index (χ1) is 13.3. The number of hydrogen-bond acceptors (Lipinski definition) is 5. The van der Waals surface area contributed by atoms with Gasteiger partial charge >= 0.3 is 6.18 Å². The zero-order chi connectivity index (χ0) is 19.9. The number of carbonyl (C=O) groups excluding carboxylic acids is 1. The van der Waals surface area contributed by atoms with Crippen LogP contribution in [0.1, 0.15) is 21.7 Å². The Kier molecular flexibility index (Phi) is 4.34. The molecule has 10 heteroatoms. The SMILES string of the molecule is Cc1ccc(-c2cc(C(F)(F)F)n3nc(C(=O)Nc4nccs4)cc3n2)cc1. The van der Waals surface area contributed by atoms with Crippen LogP contribution in [0.15, 0.2) is 48.0 Å². The van der Waals surface area contributed by atoms with Crippen molar-refractivity contribution in [2.45, 2.75) is 13.1 Å². The van der Waals surface area contributed by atoms with E-state index >= 15 is 0 Å². The molecule has 0 aliphatic rings. The van der Waals surface area contributed by atoms with Crippen molar-refractivity contribution in [3.05, 3.63) is 64.9 Å². The molecule has 6 nitrogen and oxygen atoms in total. The average molecular weight is 403 g/mol. The van der Waals surface area contributed by atoms with E-state index in [2.05, 4.69) is 20.4 Å². The van der Waals surface area contributed by atoms with Gasteiger partial charge < -0.3 is 0 Å². The summed E-state index contributed by atoms with van der Waals surface area (Å²) in [5, 5.41) is 8.29. The molecule has 0 bridgehead atoms. The Morgan fingerprint density at radius 3 is 2.57 bits per heavy atom. The summed E-state index contributed by atoms with van der Waals surface area (Å²) < 4.78 is 41.4. The van der Waals surface area contributed by atoms with Gasteiger partial charge in [0.15, 0.2) is 22.2 Å². The highest BCUT2D eigenvalue weighted by molar-refractivity contribution is 7.13. The summed E-state index contributed by atoms with van der Waals surface area (Å²) in [6.07, 6.45) is -3.17. The fraction of sp³-hybridized carbons (Fsp3) is 0.111. The Balaban J connectivity index is 1.82. The lowest BCUT2D eigenvalue weighted by atomic mass is 10.1. The second-order valence-electron chi connectivity index (χ2n) is 5.98. The van der Waals surface area contributed by atoms with E-state index < -0.39 is 17.8 Å². The number of nitrogens with zero attached hydrogens (tertiary/aromatic N) is 4. The lowest BCUT2D eigenvalue weighted by molar-refractivity contribution is -0.142. The summed E-state index contributed by atoms with van der Waals surface area (Å²) in [6, 6.07) is 9.11. The first-order valence-corrected chi connectivity index (χ1v) is 8.95. The van der Waals surface area contributed by atoms with Crippen molar-refractivity contribution < 1.29 is 18.0 Å². The molecule has 28 heavy (non-hydrogen) atoms. The van der Waals surface area contributed by atoms with Crippen LogP contribution in [0.5, 0.6) is 0 Å². The molecule has 0 saturated carbocycles. The molecule has 0 spiro atoms. The number of halogens is 3. The normalized spacial score (nSPS) is 11.7. The Labute approximate surface area is 160 Å². The second kappa shape index (κ2) is 6.71. The molecule has 0 aliphatic heterocycles. The topological polar surface area (TPSA) is 72.2 Å². The molecule has 0 saturated heterocycles. The summed E-state index contributed by atoms with van der Waals surface area (Å²) in [5.74, 6) is -0.662. The van der Waals surface area contributed by atoms with E-state index in [1.807, 2.05) is 6.92 Å². The van der Waals surface area contributed by atoms with E-state index in [4.69, 9.17) is 0 Å². The molecular weight excluding hydrogens is 391 g/mol. The van der Waals surface area contributed by atoms with Gasteiger partial charge in [-0.05, 0) is 13.0 Å². The minimum atomic E-state index is -4.67. The van der Waals surface area contributed by atoms with E-state index in [0.29, 0.717) is 15.2 Å². The second-order valence-corrected chi connectivity index (χ2v) is 6.88. The molecule has 0 aliphatic carbocycles. The zero-order valence-electron chi connectivity index (χ0n) is 14.4. The Hall–Kier alpha value is -3.27. The minimum absolute atomic E-state index is 0.0744. The lowest BCUT2D eigenvalue weighted by Gasteiger charge is -2.11. The van der Waals surface area contributed by atoms with Crippen LogP contribution in [0.25, 0.3) is 16.9 Å². The number of aromatic nitrogens is 4. The zero-order valence-corrected chi connectivity index (χ0v) is 15.2. The summed E-state index contributed by atoms with van der Waals surface area (Å²) >= 11 is 1.19. The molecule has 0 fully saturated rings. The van der Waals surface area contributed by atoms with Crippen molar-refractivity contribution >= 4 is 28.0 Å². The largest absolute Gasteiger partial charge is 0.433 e. The molecule has 4 aromatic rings. The van der Waals surface area contributed by atoms with Gasteiger partial charge in [0.05, 0.1) is 5.69 Å². The van der Waals surface area contributed by atoms with Crippen LogP contribution in [0.3, 0.4) is 0 Å². The van der Waals surface area contributed by atoms with Crippen molar-refractivity contribution in [3.63, 3.8) is 0 Å². The van der Waals surface area contributed by atoms with Gasteiger partial charge in [-0.25, -0.2) is 14.5 Å². The quantitative estimate of drug-likeness (QED) is 0.549. The summed E-state index contributed by atoms with van der Waals surface area (Å²) in [7, 11) is 0. The third kappa shape index (κ3) is 3.46. The molecule has 0 atom stereocenters. The Morgan fingerprint density at radius 2 is 1.93 bits per heavy atom. The number of nitrogens with one attached hydrogen (secondary N) is 1. The van der Waals surface area contributed by atoms with Crippen LogP contribution < -0.4 is 5.32 Å². The van der Waals surface area contributed by atoms with Gasteiger partial charge in [0.25, 0.3) is 5.91 Å². The first-order valence-electron chi connectivity index (χ1n) is 8.07. The third-order valence-corrected chi connectivity index (χ3v) is 4.64. The molecule has 3 heterocycles. The number of thiazole rings is 1. The van der Waals surface area contributed by atoms with Crippen LogP contribution in [-0.4, -0.2) is 25.5 Å². The van der Waals surface area contributed by atoms with Crippen LogP contribution in [0.2, 0.25) is 0 Å². The monoisotopic (exact) mass is 403 g/mol. The number of carbonyl (C=O) groups is 1. The number of anilines is 1. The Bertz CT molecular complexity index is 1150. The van der Waals surface area contributed by atoms with Crippen molar-refractivity contribution in [3.8, 4) is 11.3 Å². The Morgan fingerprint density at radius 1 is 1.18 bits per heavy atom. The number of fused-ring (bicyclic) bond motifs is 1. The first kappa shape index (κ1) is 18.1. The van der Waals surface area contributed by atoms with Crippen molar-refractivity contribution in [2.75, 3.05) is 5.32 Å². The molecule has 1 amide bonds. The maximum Gasteiger partial charge on any atom is 0.433 e. The number of aryl methyl sites for hydroxylation is 1. The molecule has 1 N–H and O–H groups in total. The minimum Gasteiger partial charge on any atom is -0.296 e. The number of benzene rings is 1. The molecular formula is C18H12F3N5OS. The maximum atomic E-state index is 13.6. The average Bonchev–Trinajstić information content (AvgIpc) is 3.29. The molecule has 142 valence electrons. The number of amides is 1. The van der Waals surface area contributed by atoms with Crippen molar-refractivity contribution in [1.29, 1.82) is 0 Å². The van der Waals surface area contributed by atoms with Gasteiger partial charge in [0.2, 0.25) is 0 Å². The lowest BCUT2D eigenvalue weighted by Crippen LogP contribution is -2.15. The fourth-order valence-electron chi connectivity index (χ4n) is 2.61. The number of hydrogen-bond donors (Lipinski definition) is 1. The van der Waals surface area contributed by atoms with Gasteiger partial charge in [-0.15, -0.1) is 11.3 Å². The van der Waals surface area contributed by atoms with Gasteiger partial charge in [-0.3, -0.25) is 10.1 Å². The van der Waals surface area contributed by atoms with E-state index in [1.165, 1.54) is 23.6 Å². The predicted molar refractivity (Wildman–Crippen MR) is 98.2 cm³/mol. The predicted octanol–water partition coefficient (Wildman–Crippen LogP) is 4.43. The van der Waals surface area contributed by atoms with E-state index in [9.17, 15) is 18.0 Å². The van der Waals surface area contributed by atoms with Gasteiger partial charge in [0, 0.05) is 23.2 Å². The maximum absolute atomic E-state index is 13.6. The molecule has 4 rings (SSSR count). The third-order valence-electron chi connectivity index (χ3n) is 3.95. The van der Waals surface area contributed by atoms with Crippen LogP contribution in [0, 0.1) is 6.92 Å². The molecule has 0 radical (unpaired) electrons.